The summed E-state index contributed by atoms with van der Waals surface area (Å²) in [5.41, 5.74) is 14.6. The molecule has 0 bridgehead atoms. The van der Waals surface area contributed by atoms with Crippen LogP contribution in [0.4, 0.5) is 11.4 Å². The lowest BCUT2D eigenvalue weighted by atomic mass is 9.91. The van der Waals surface area contributed by atoms with Crippen LogP contribution >= 0.6 is 0 Å². The van der Waals surface area contributed by atoms with Crippen LogP contribution in [0, 0.1) is 0 Å². The van der Waals surface area contributed by atoms with Crippen LogP contribution in [0.5, 0.6) is 0 Å². The molecule has 0 N–H and O–H groups in total. The summed E-state index contributed by atoms with van der Waals surface area (Å²) in [6, 6.07) is 74.6. The second kappa shape index (κ2) is 14.4. The van der Waals surface area contributed by atoms with E-state index in [0.29, 0.717) is 0 Å². The first kappa shape index (κ1) is 35.1. The van der Waals surface area contributed by atoms with Gasteiger partial charge < -0.3 is 13.9 Å². The maximum absolute atomic E-state index is 6.59. The maximum Gasteiger partial charge on any atom is 0.143 e. The van der Waals surface area contributed by atoms with Gasteiger partial charge in [-0.15, -0.1) is 0 Å². The van der Waals surface area contributed by atoms with Crippen molar-refractivity contribution in [3.05, 3.63) is 230 Å². The van der Waals surface area contributed by atoms with Gasteiger partial charge in [0.15, 0.2) is 0 Å². The topological polar surface area (TPSA) is 21.3 Å². The molecule has 9 aromatic carbocycles. The summed E-state index contributed by atoms with van der Waals surface area (Å²) in [5, 5.41) is 7.26. The maximum atomic E-state index is 6.59. The first-order valence-electron chi connectivity index (χ1n) is 21.1. The summed E-state index contributed by atoms with van der Waals surface area (Å²) in [6.07, 6.45) is 7.98. The highest BCUT2D eigenvalue weighted by atomic mass is 16.3. The molecule has 61 heavy (non-hydrogen) atoms. The highest BCUT2D eigenvalue weighted by Gasteiger charge is 2.26. The van der Waals surface area contributed by atoms with Crippen molar-refractivity contribution >= 4 is 71.5 Å². The second-order valence-corrected chi connectivity index (χ2v) is 16.0. The number of nitrogens with zero attached hydrogens (tertiary/aromatic N) is 2. The predicted octanol–water partition coefficient (Wildman–Crippen LogP) is 15.7. The third-order valence-corrected chi connectivity index (χ3v) is 12.5. The van der Waals surface area contributed by atoms with Gasteiger partial charge >= 0.3 is 0 Å². The van der Waals surface area contributed by atoms with Crippen LogP contribution in [0.3, 0.4) is 0 Å². The molecule has 1 unspecified atom stereocenters. The molecule has 11 aromatic rings. The van der Waals surface area contributed by atoms with Crippen LogP contribution in [0.2, 0.25) is 0 Å². The lowest BCUT2D eigenvalue weighted by Gasteiger charge is -2.35. The van der Waals surface area contributed by atoms with Gasteiger partial charge in [0.2, 0.25) is 0 Å². The Morgan fingerprint density at radius 2 is 1.08 bits per heavy atom. The van der Waals surface area contributed by atoms with Gasteiger partial charge in [-0.1, -0.05) is 182 Å². The summed E-state index contributed by atoms with van der Waals surface area (Å²) in [4.78, 5) is 2.56. The fourth-order valence-electron chi connectivity index (χ4n) is 9.80. The van der Waals surface area contributed by atoms with Crippen LogP contribution < -0.4 is 4.90 Å². The summed E-state index contributed by atoms with van der Waals surface area (Å²) in [5.74, 6) is 0. The zero-order valence-electron chi connectivity index (χ0n) is 33.4. The van der Waals surface area contributed by atoms with E-state index in [2.05, 4.69) is 228 Å². The van der Waals surface area contributed by atoms with E-state index in [0.717, 1.165) is 56.5 Å². The summed E-state index contributed by atoms with van der Waals surface area (Å²) < 4.78 is 9.03. The number of hydrogen-bond donors (Lipinski definition) is 0. The number of fused-ring (bicyclic) bond motifs is 7. The number of allylic oxidation sites excluding steroid dienone is 2. The van der Waals surface area contributed by atoms with Gasteiger partial charge in [0.1, 0.15) is 11.2 Å². The lowest BCUT2D eigenvalue weighted by Crippen LogP contribution is -2.31. The smallest absolute Gasteiger partial charge is 0.143 e. The average molecular weight is 781 g/mol. The van der Waals surface area contributed by atoms with E-state index < -0.39 is 0 Å². The number of rotatable bonds is 7. The number of aromatic nitrogens is 1. The van der Waals surface area contributed by atoms with Gasteiger partial charge in [-0.3, -0.25) is 0 Å². The number of para-hydroxylation sites is 6. The van der Waals surface area contributed by atoms with E-state index in [1.807, 2.05) is 6.07 Å². The monoisotopic (exact) mass is 780 g/mol. The number of benzene rings is 9. The summed E-state index contributed by atoms with van der Waals surface area (Å²) >= 11 is 0. The van der Waals surface area contributed by atoms with E-state index in [1.165, 1.54) is 54.8 Å². The normalized spacial score (nSPS) is 14.0. The zero-order chi connectivity index (χ0) is 40.3. The predicted molar refractivity (Wildman–Crippen MR) is 257 cm³/mol. The number of hydrogen-bond acceptors (Lipinski definition) is 2. The number of anilines is 2. The number of furan rings is 1. The van der Waals surface area contributed by atoms with Crippen molar-refractivity contribution in [2.45, 2.75) is 12.5 Å². The molecule has 1 atom stereocenters. The Morgan fingerprint density at radius 3 is 1.93 bits per heavy atom. The van der Waals surface area contributed by atoms with Crippen LogP contribution in [0.25, 0.3) is 88.0 Å². The average Bonchev–Trinajstić information content (AvgIpc) is 3.88. The summed E-state index contributed by atoms with van der Waals surface area (Å²) in [6.45, 7) is 0. The molecule has 288 valence electrons. The molecule has 1 aliphatic carbocycles. The Labute approximate surface area is 354 Å². The minimum atomic E-state index is 0.0118. The molecule has 0 aliphatic heterocycles. The van der Waals surface area contributed by atoms with Gasteiger partial charge in [0.25, 0.3) is 0 Å². The van der Waals surface area contributed by atoms with Crippen LogP contribution in [0.1, 0.15) is 12.0 Å². The standard InChI is InChI=1S/C58H40N2O/c1-2-23-44-39(17-1)18-15-29-45(44)40-19-13-21-42(37-40)59(43-22-14-20-41(38-43)46-30-16-31-52-51-28-7-12-36-57(51)61-58(46)52)53-32-8-3-24-47(53)48-25-4-9-33-54(48)60-55-34-10-5-26-49(55)50-27-6-11-35-56(50)60/h1-20,22-38,42H,21H2. The molecule has 1 aliphatic rings. The van der Waals surface area contributed by atoms with Gasteiger partial charge in [0, 0.05) is 49.6 Å². The molecule has 2 aromatic heterocycles. The van der Waals surface area contributed by atoms with Gasteiger partial charge in [-0.05, 0) is 76.4 Å². The van der Waals surface area contributed by atoms with E-state index >= 15 is 0 Å². The zero-order valence-corrected chi connectivity index (χ0v) is 33.4. The fourth-order valence-corrected chi connectivity index (χ4v) is 9.80. The molecule has 0 fully saturated rings. The fraction of sp³-hybridized carbons (Fsp3) is 0.0345. The first-order chi connectivity index (χ1) is 30.3. The molecule has 12 rings (SSSR count). The van der Waals surface area contributed by atoms with Crippen molar-refractivity contribution in [3.63, 3.8) is 0 Å². The lowest BCUT2D eigenvalue weighted by molar-refractivity contribution is 0.670. The molecule has 0 saturated carbocycles. The molecule has 0 amide bonds. The van der Waals surface area contributed by atoms with Crippen LogP contribution in [-0.2, 0) is 0 Å². The summed E-state index contributed by atoms with van der Waals surface area (Å²) in [7, 11) is 0. The van der Waals surface area contributed by atoms with Crippen LogP contribution in [0.15, 0.2) is 229 Å². The minimum absolute atomic E-state index is 0.0118. The highest BCUT2D eigenvalue weighted by molar-refractivity contribution is 6.11. The van der Waals surface area contributed by atoms with Crippen molar-refractivity contribution in [2.24, 2.45) is 0 Å². The Morgan fingerprint density at radius 1 is 0.475 bits per heavy atom. The van der Waals surface area contributed by atoms with Crippen molar-refractivity contribution in [2.75, 3.05) is 4.90 Å². The molecule has 0 radical (unpaired) electrons. The molecular weight excluding hydrogens is 741 g/mol. The van der Waals surface area contributed by atoms with Gasteiger partial charge in [-0.25, -0.2) is 0 Å². The molecular formula is C58H40N2O. The van der Waals surface area contributed by atoms with Crippen molar-refractivity contribution < 1.29 is 4.42 Å². The quantitative estimate of drug-likeness (QED) is 0.161. The van der Waals surface area contributed by atoms with E-state index in [1.54, 1.807) is 0 Å². The van der Waals surface area contributed by atoms with E-state index in [9.17, 15) is 0 Å². The van der Waals surface area contributed by atoms with Gasteiger partial charge in [-0.2, -0.15) is 0 Å². The minimum Gasteiger partial charge on any atom is -0.455 e. The Hall–Kier alpha value is -7.88. The van der Waals surface area contributed by atoms with Crippen molar-refractivity contribution in [1.82, 2.24) is 4.57 Å². The largest absolute Gasteiger partial charge is 0.455 e. The first-order valence-corrected chi connectivity index (χ1v) is 21.1. The van der Waals surface area contributed by atoms with Gasteiger partial charge in [0.05, 0.1) is 22.8 Å². The molecule has 2 heterocycles. The second-order valence-electron chi connectivity index (χ2n) is 16.0. The molecule has 3 heteroatoms. The highest BCUT2D eigenvalue weighted by Crippen LogP contribution is 2.45. The Bertz CT molecular complexity index is 3490. The molecule has 3 nitrogen and oxygen atoms in total. The molecule has 0 spiro atoms. The van der Waals surface area contributed by atoms with Crippen molar-refractivity contribution in [1.29, 1.82) is 0 Å². The molecule has 0 saturated heterocycles. The van der Waals surface area contributed by atoms with Crippen LogP contribution in [-0.4, -0.2) is 10.6 Å². The Kier molecular flexibility index (Phi) is 8.31. The SMILES string of the molecule is C1=CC(c2cccc3ccccc23)=CC(N(c2cccc(-c3cccc4c3oc3ccccc34)c2)c2ccccc2-c2ccccc2-n2c3ccccc3c3ccccc32)C1. The van der Waals surface area contributed by atoms with Crippen molar-refractivity contribution in [3.8, 4) is 27.9 Å². The third-order valence-electron chi connectivity index (χ3n) is 12.5. The third kappa shape index (κ3) is 5.81. The van der Waals surface area contributed by atoms with E-state index in [-0.39, 0.29) is 6.04 Å². The Balaban J connectivity index is 1.08. The van der Waals surface area contributed by atoms with E-state index in [4.69, 9.17) is 4.42 Å².